The normalized spacial score (nSPS) is 38.9. The number of rotatable bonds is 2. The molecule has 0 aromatic carbocycles. The lowest BCUT2D eigenvalue weighted by Crippen LogP contribution is -2.48. The zero-order valence-electron chi connectivity index (χ0n) is 7.83. The first-order chi connectivity index (χ1) is 6.27. The first-order valence-corrected chi connectivity index (χ1v) is 4.96. The van der Waals surface area contributed by atoms with Crippen LogP contribution in [0.2, 0.25) is 0 Å². The lowest BCUT2D eigenvalue weighted by atomic mass is 9.61. The molecule has 13 heavy (non-hydrogen) atoms. The average molecular weight is 183 g/mol. The fourth-order valence-corrected chi connectivity index (χ4v) is 2.36. The van der Waals surface area contributed by atoms with Gasteiger partial charge in [-0.3, -0.25) is 0 Å². The maximum atomic E-state index is 9.32. The van der Waals surface area contributed by atoms with Gasteiger partial charge in [-0.15, -0.1) is 0 Å². The van der Waals surface area contributed by atoms with Gasteiger partial charge < -0.3 is 15.6 Å². The number of aliphatic hydroxyl groups excluding tert-OH is 1. The van der Waals surface area contributed by atoms with E-state index in [4.69, 9.17) is 10.5 Å². The van der Waals surface area contributed by atoms with Gasteiger partial charge in [-0.25, -0.2) is 0 Å². The Balaban J connectivity index is 2.08. The van der Waals surface area contributed by atoms with Crippen molar-refractivity contribution in [3.05, 3.63) is 11.8 Å². The second kappa shape index (κ2) is 3.31. The van der Waals surface area contributed by atoms with E-state index in [9.17, 15) is 5.11 Å². The third kappa shape index (κ3) is 1.46. The Hall–Kier alpha value is -0.540. The van der Waals surface area contributed by atoms with Crippen molar-refractivity contribution in [3.63, 3.8) is 0 Å². The van der Waals surface area contributed by atoms with Gasteiger partial charge in [0, 0.05) is 12.0 Å². The highest BCUT2D eigenvalue weighted by molar-refractivity contribution is 5.20. The minimum Gasteiger partial charge on any atom is -0.501 e. The van der Waals surface area contributed by atoms with Crippen LogP contribution in [0.4, 0.5) is 0 Å². The van der Waals surface area contributed by atoms with E-state index in [0.29, 0.717) is 6.54 Å². The van der Waals surface area contributed by atoms with Crippen molar-refractivity contribution in [2.45, 2.75) is 31.8 Å². The number of nitrogens with two attached hydrogens (primary N) is 1. The molecule has 0 aromatic heterocycles. The summed E-state index contributed by atoms with van der Waals surface area (Å²) in [6, 6.07) is 0. The van der Waals surface area contributed by atoms with Crippen LogP contribution in [0.1, 0.15) is 25.7 Å². The second-order valence-electron chi connectivity index (χ2n) is 4.16. The molecule has 0 bridgehead atoms. The summed E-state index contributed by atoms with van der Waals surface area (Å²) in [5.41, 5.74) is 7.14. The fraction of sp³-hybridized carbons (Fsp3) is 0.800. The lowest BCUT2D eigenvalue weighted by molar-refractivity contribution is -0.00962. The van der Waals surface area contributed by atoms with E-state index < -0.39 is 0 Å². The lowest BCUT2D eigenvalue weighted by Gasteiger charge is -2.47. The first kappa shape index (κ1) is 9.03. The molecule has 2 aliphatic rings. The number of ether oxygens (including phenoxy) is 1. The van der Waals surface area contributed by atoms with E-state index in [2.05, 4.69) is 0 Å². The van der Waals surface area contributed by atoms with E-state index >= 15 is 0 Å². The largest absolute Gasteiger partial charge is 0.501 e. The van der Waals surface area contributed by atoms with E-state index in [1.54, 1.807) is 0 Å². The molecule has 3 N–H and O–H groups in total. The SMILES string of the molecule is NCC1(C2=COCCC2)CC(O)C1. The highest BCUT2D eigenvalue weighted by atomic mass is 16.5. The molecule has 0 amide bonds. The number of hydrogen-bond donors (Lipinski definition) is 2. The summed E-state index contributed by atoms with van der Waals surface area (Å²) in [5, 5.41) is 9.32. The Morgan fingerprint density at radius 1 is 1.62 bits per heavy atom. The van der Waals surface area contributed by atoms with E-state index in [-0.39, 0.29) is 11.5 Å². The van der Waals surface area contributed by atoms with Crippen LogP contribution in [0.5, 0.6) is 0 Å². The van der Waals surface area contributed by atoms with Crippen LogP contribution in [0.15, 0.2) is 11.8 Å². The molecule has 0 spiro atoms. The van der Waals surface area contributed by atoms with Crippen molar-refractivity contribution in [2.24, 2.45) is 11.1 Å². The van der Waals surface area contributed by atoms with Crippen LogP contribution < -0.4 is 5.73 Å². The molecule has 74 valence electrons. The molecule has 1 aliphatic heterocycles. The van der Waals surface area contributed by atoms with Gasteiger partial charge in [0.15, 0.2) is 0 Å². The molecule has 0 atom stereocenters. The Morgan fingerprint density at radius 3 is 2.85 bits per heavy atom. The Labute approximate surface area is 78.6 Å². The van der Waals surface area contributed by atoms with Gasteiger partial charge in [0.05, 0.1) is 19.0 Å². The van der Waals surface area contributed by atoms with Gasteiger partial charge in [0.2, 0.25) is 0 Å². The van der Waals surface area contributed by atoms with E-state index in [1.165, 1.54) is 5.57 Å². The maximum absolute atomic E-state index is 9.32. The third-order valence-electron chi connectivity index (χ3n) is 3.26. The first-order valence-electron chi connectivity index (χ1n) is 4.96. The van der Waals surface area contributed by atoms with Crippen molar-refractivity contribution < 1.29 is 9.84 Å². The molecular formula is C10H17NO2. The smallest absolute Gasteiger partial charge is 0.0876 e. The van der Waals surface area contributed by atoms with Crippen LogP contribution in [0, 0.1) is 5.41 Å². The van der Waals surface area contributed by atoms with Crippen molar-refractivity contribution in [1.82, 2.24) is 0 Å². The average Bonchev–Trinajstić information content (AvgIpc) is 2.14. The van der Waals surface area contributed by atoms with Crippen LogP contribution in [-0.2, 0) is 4.74 Å². The van der Waals surface area contributed by atoms with Crippen molar-refractivity contribution in [3.8, 4) is 0 Å². The zero-order chi connectivity index (χ0) is 9.31. The summed E-state index contributed by atoms with van der Waals surface area (Å²) in [7, 11) is 0. The maximum Gasteiger partial charge on any atom is 0.0876 e. The highest BCUT2D eigenvalue weighted by Gasteiger charge is 2.45. The molecule has 0 unspecified atom stereocenters. The minimum atomic E-state index is -0.147. The predicted molar refractivity (Wildman–Crippen MR) is 50.0 cm³/mol. The van der Waals surface area contributed by atoms with Crippen molar-refractivity contribution in [2.75, 3.05) is 13.2 Å². The molecule has 1 saturated carbocycles. The molecule has 1 aliphatic carbocycles. The molecule has 3 heteroatoms. The van der Waals surface area contributed by atoms with Crippen LogP contribution in [0.25, 0.3) is 0 Å². The molecule has 3 nitrogen and oxygen atoms in total. The predicted octanol–water partition coefficient (Wildman–Crippen LogP) is 0.780. The monoisotopic (exact) mass is 183 g/mol. The van der Waals surface area contributed by atoms with Gasteiger partial charge in [-0.1, -0.05) is 0 Å². The quantitative estimate of drug-likeness (QED) is 0.665. The summed E-state index contributed by atoms with van der Waals surface area (Å²) >= 11 is 0. The third-order valence-corrected chi connectivity index (χ3v) is 3.26. The van der Waals surface area contributed by atoms with Crippen molar-refractivity contribution >= 4 is 0 Å². The number of hydrogen-bond acceptors (Lipinski definition) is 3. The van der Waals surface area contributed by atoms with Gasteiger partial charge >= 0.3 is 0 Å². The van der Waals surface area contributed by atoms with Crippen LogP contribution in [0.3, 0.4) is 0 Å². The molecule has 1 fully saturated rings. The molecule has 0 aromatic rings. The Bertz CT molecular complexity index is 219. The fourth-order valence-electron chi connectivity index (χ4n) is 2.36. The minimum absolute atomic E-state index is 0.0693. The summed E-state index contributed by atoms with van der Waals surface area (Å²) in [6.07, 6.45) is 5.53. The molecule has 0 saturated heterocycles. The molecule has 0 radical (unpaired) electrons. The zero-order valence-corrected chi connectivity index (χ0v) is 7.83. The summed E-state index contributed by atoms with van der Waals surface area (Å²) in [5.74, 6) is 0. The summed E-state index contributed by atoms with van der Waals surface area (Å²) in [4.78, 5) is 0. The van der Waals surface area contributed by atoms with Crippen LogP contribution >= 0.6 is 0 Å². The number of aliphatic hydroxyl groups is 1. The van der Waals surface area contributed by atoms with Gasteiger partial charge in [-0.2, -0.15) is 0 Å². The summed E-state index contributed by atoms with van der Waals surface area (Å²) in [6.45, 7) is 1.46. The van der Waals surface area contributed by atoms with Gasteiger partial charge in [0.25, 0.3) is 0 Å². The van der Waals surface area contributed by atoms with Gasteiger partial charge in [-0.05, 0) is 31.3 Å². The summed E-state index contributed by atoms with van der Waals surface area (Å²) < 4.78 is 5.30. The topological polar surface area (TPSA) is 55.5 Å². The Kier molecular flexibility index (Phi) is 2.30. The molecular weight excluding hydrogens is 166 g/mol. The Morgan fingerprint density at radius 2 is 2.38 bits per heavy atom. The highest BCUT2D eigenvalue weighted by Crippen LogP contribution is 2.48. The molecule has 1 heterocycles. The van der Waals surface area contributed by atoms with Crippen LogP contribution in [-0.4, -0.2) is 24.4 Å². The van der Waals surface area contributed by atoms with E-state index in [1.807, 2.05) is 6.26 Å². The van der Waals surface area contributed by atoms with Gasteiger partial charge in [0.1, 0.15) is 0 Å². The second-order valence-corrected chi connectivity index (χ2v) is 4.16. The van der Waals surface area contributed by atoms with Crippen molar-refractivity contribution in [1.29, 1.82) is 0 Å². The molecule has 2 rings (SSSR count). The standard InChI is InChI=1S/C10H17NO2/c11-7-10(4-9(12)5-10)8-2-1-3-13-6-8/h6,9,12H,1-5,7,11H2. The van der Waals surface area contributed by atoms with E-state index in [0.717, 1.165) is 32.3 Å².